The molecule has 0 radical (unpaired) electrons. The lowest BCUT2D eigenvalue weighted by Crippen LogP contribution is -2.29. The van der Waals surface area contributed by atoms with Gasteiger partial charge in [0, 0.05) is 17.0 Å². The summed E-state index contributed by atoms with van der Waals surface area (Å²) in [5.41, 5.74) is 15.0. The molecule has 5 nitrogen and oxygen atoms in total. The van der Waals surface area contributed by atoms with Crippen LogP contribution in [-0.4, -0.2) is 18.8 Å². The number of nitrogens with zero attached hydrogens (tertiary/aromatic N) is 5. The summed E-state index contributed by atoms with van der Waals surface area (Å²) in [6, 6.07) is 31.3. The zero-order valence-corrected chi connectivity index (χ0v) is 30.7. The molecular weight excluding hydrogens is 599 g/mol. The molecule has 5 heteroatoms. The molecule has 4 aromatic carbocycles. The highest BCUT2D eigenvalue weighted by Crippen LogP contribution is 2.36. The number of aromatic nitrogens is 4. The van der Waals surface area contributed by atoms with Crippen LogP contribution in [0, 0.1) is 13.8 Å². The Morgan fingerprint density at radius 1 is 0.510 bits per heavy atom. The van der Waals surface area contributed by atoms with E-state index in [2.05, 4.69) is 168 Å². The molecular formula is C44H49N5. The summed E-state index contributed by atoms with van der Waals surface area (Å²) in [7, 11) is 0. The maximum Gasteiger partial charge on any atom is 0.239 e. The van der Waals surface area contributed by atoms with E-state index in [1.165, 1.54) is 55.5 Å². The van der Waals surface area contributed by atoms with E-state index in [9.17, 15) is 0 Å². The van der Waals surface area contributed by atoms with Crippen molar-refractivity contribution in [3.8, 4) is 11.4 Å². The van der Waals surface area contributed by atoms with Crippen LogP contribution in [0.3, 0.4) is 0 Å². The fourth-order valence-electron chi connectivity index (χ4n) is 7.52. The van der Waals surface area contributed by atoms with Crippen molar-refractivity contribution in [1.82, 2.24) is 18.8 Å². The number of pyridine rings is 1. The third-order valence-electron chi connectivity index (χ3n) is 9.99. The van der Waals surface area contributed by atoms with Crippen LogP contribution in [-0.2, 0) is 0 Å². The van der Waals surface area contributed by atoms with Gasteiger partial charge >= 0.3 is 0 Å². The Labute approximate surface area is 290 Å². The van der Waals surface area contributed by atoms with Crippen LogP contribution >= 0.6 is 0 Å². The van der Waals surface area contributed by atoms with Gasteiger partial charge in [0.25, 0.3) is 0 Å². The average molecular weight is 648 g/mol. The van der Waals surface area contributed by atoms with Gasteiger partial charge in [0.1, 0.15) is 0 Å². The molecule has 250 valence electrons. The minimum atomic E-state index is 0.296. The maximum absolute atomic E-state index is 5.81. The van der Waals surface area contributed by atoms with E-state index < -0.39 is 0 Å². The van der Waals surface area contributed by atoms with Crippen LogP contribution in [0.1, 0.15) is 112 Å². The Bertz CT molecular complexity index is 2210. The Morgan fingerprint density at radius 3 is 1.41 bits per heavy atom. The van der Waals surface area contributed by atoms with Gasteiger partial charge < -0.3 is 0 Å². The number of hydrogen-bond acceptors (Lipinski definition) is 2. The van der Waals surface area contributed by atoms with Crippen LogP contribution in [0.25, 0.3) is 44.3 Å². The molecule has 7 rings (SSSR count). The van der Waals surface area contributed by atoms with E-state index in [1.807, 2.05) is 6.20 Å². The van der Waals surface area contributed by atoms with Crippen LogP contribution < -0.4 is 5.62 Å². The van der Waals surface area contributed by atoms with Gasteiger partial charge in [-0.1, -0.05) is 115 Å². The number of hydrogen-bond donors (Lipinski definition) is 0. The van der Waals surface area contributed by atoms with Crippen molar-refractivity contribution in [2.45, 2.75) is 92.9 Å². The van der Waals surface area contributed by atoms with E-state index in [0.29, 0.717) is 23.7 Å². The van der Waals surface area contributed by atoms with Crippen molar-refractivity contribution < 1.29 is 0 Å². The highest BCUT2D eigenvalue weighted by molar-refractivity contribution is 6.08. The van der Waals surface area contributed by atoms with Crippen molar-refractivity contribution >= 4 is 33.0 Å². The maximum atomic E-state index is 5.81. The zero-order chi connectivity index (χ0) is 34.7. The van der Waals surface area contributed by atoms with Crippen LogP contribution in [0.15, 0.2) is 96.2 Å². The van der Waals surface area contributed by atoms with Gasteiger partial charge in [-0.15, -0.1) is 5.10 Å². The molecule has 0 N–H and O–H groups in total. The Balaban J connectivity index is 1.79. The zero-order valence-electron chi connectivity index (χ0n) is 30.7. The third-order valence-corrected chi connectivity index (χ3v) is 9.99. The quantitative estimate of drug-likeness (QED) is 0.170. The first-order valence-electron chi connectivity index (χ1n) is 17.9. The molecule has 3 heterocycles. The molecule has 0 atom stereocenters. The summed E-state index contributed by atoms with van der Waals surface area (Å²) in [4.78, 5) is 5.16. The molecule has 0 saturated heterocycles. The monoisotopic (exact) mass is 647 g/mol. The second kappa shape index (κ2) is 12.5. The van der Waals surface area contributed by atoms with E-state index in [1.54, 1.807) is 0 Å². The minimum Gasteiger partial charge on any atom is -0.275 e. The first-order valence-corrected chi connectivity index (χ1v) is 17.9. The minimum absolute atomic E-state index is 0.296. The van der Waals surface area contributed by atoms with E-state index in [0.717, 1.165) is 27.8 Å². The number of fused-ring (bicyclic) bond motifs is 4. The second-order valence-corrected chi connectivity index (χ2v) is 15.0. The number of para-hydroxylation sites is 2. The highest BCUT2D eigenvalue weighted by Gasteiger charge is 2.26. The Hall–Kier alpha value is -4.90. The SMILES string of the molecule is Cc1ccc2c(c1)c1cc(C)ccc1n2N=c1n(-c2c(C(C)C)cccc2C(C)C)c2cccnc2n1-c1c(C(C)C)cccc1C(C)C. The normalized spacial score (nSPS) is 12.7. The first-order chi connectivity index (χ1) is 23.5. The van der Waals surface area contributed by atoms with E-state index in [4.69, 9.17) is 10.1 Å². The summed E-state index contributed by atoms with van der Waals surface area (Å²) in [5, 5.41) is 8.24. The summed E-state index contributed by atoms with van der Waals surface area (Å²) < 4.78 is 6.94. The average Bonchev–Trinajstić information content (AvgIpc) is 3.54. The molecule has 7 aromatic rings. The largest absolute Gasteiger partial charge is 0.275 e. The molecule has 0 saturated carbocycles. The van der Waals surface area contributed by atoms with E-state index in [-0.39, 0.29) is 0 Å². The lowest BCUT2D eigenvalue weighted by molar-refractivity contribution is 0.737. The van der Waals surface area contributed by atoms with Gasteiger partial charge in [0.05, 0.1) is 27.9 Å². The van der Waals surface area contributed by atoms with Crippen molar-refractivity contribution in [2.75, 3.05) is 0 Å². The predicted molar refractivity (Wildman–Crippen MR) is 207 cm³/mol. The molecule has 0 spiro atoms. The topological polar surface area (TPSA) is 40.0 Å². The lowest BCUT2D eigenvalue weighted by atomic mass is 9.92. The predicted octanol–water partition coefficient (Wildman–Crippen LogP) is 11.4. The first kappa shape index (κ1) is 32.6. The van der Waals surface area contributed by atoms with Gasteiger partial charge in [-0.2, -0.15) is 0 Å². The molecule has 0 aliphatic carbocycles. The van der Waals surface area contributed by atoms with Crippen molar-refractivity contribution in [3.63, 3.8) is 0 Å². The molecule has 0 aliphatic heterocycles. The molecule has 0 amide bonds. The van der Waals surface area contributed by atoms with E-state index >= 15 is 0 Å². The van der Waals surface area contributed by atoms with Gasteiger partial charge in [-0.25, -0.2) is 9.66 Å². The van der Waals surface area contributed by atoms with Gasteiger partial charge in [0.15, 0.2) is 5.65 Å². The molecule has 0 fully saturated rings. The summed E-state index contributed by atoms with van der Waals surface area (Å²) in [5.74, 6) is 1.20. The van der Waals surface area contributed by atoms with Gasteiger partial charge in [0.2, 0.25) is 5.62 Å². The van der Waals surface area contributed by atoms with Crippen molar-refractivity contribution in [1.29, 1.82) is 0 Å². The van der Waals surface area contributed by atoms with Crippen LogP contribution in [0.2, 0.25) is 0 Å². The molecule has 0 bridgehead atoms. The number of benzene rings is 4. The van der Waals surface area contributed by atoms with Gasteiger partial charge in [-0.05, 0) is 96.2 Å². The van der Waals surface area contributed by atoms with Gasteiger partial charge in [-0.3, -0.25) is 9.13 Å². The summed E-state index contributed by atoms with van der Waals surface area (Å²) >= 11 is 0. The fraction of sp³-hybridized carbons (Fsp3) is 0.318. The molecule has 3 aromatic heterocycles. The Kier molecular flexibility index (Phi) is 8.34. The summed E-state index contributed by atoms with van der Waals surface area (Å²) in [6.45, 7) is 22.6. The van der Waals surface area contributed by atoms with Crippen LogP contribution in [0.5, 0.6) is 0 Å². The smallest absolute Gasteiger partial charge is 0.239 e. The number of aryl methyl sites for hydroxylation is 2. The van der Waals surface area contributed by atoms with Crippen molar-refractivity contribution in [3.05, 3.63) is 130 Å². The third kappa shape index (κ3) is 5.40. The highest BCUT2D eigenvalue weighted by atomic mass is 15.4. The Morgan fingerprint density at radius 2 is 0.959 bits per heavy atom. The second-order valence-electron chi connectivity index (χ2n) is 15.0. The lowest BCUT2D eigenvalue weighted by Gasteiger charge is -2.22. The standard InChI is InChI=1S/C44H49N5/c1-26(2)32-14-11-15-33(27(3)4)41(32)47-40-18-13-23-45-43(40)48(42-34(28(5)6)16-12-17-35(42)29(7)8)44(47)46-49-38-21-19-30(9)24-36(38)37-25-31(10)20-22-39(37)49/h11-29H,1-10H3. The molecule has 49 heavy (non-hydrogen) atoms. The molecule has 0 unspecified atom stereocenters. The summed E-state index contributed by atoms with van der Waals surface area (Å²) in [6.07, 6.45) is 1.92. The number of rotatable bonds is 7. The molecule has 0 aliphatic rings. The van der Waals surface area contributed by atoms with Crippen LogP contribution in [0.4, 0.5) is 0 Å². The number of imidazole rings is 1. The van der Waals surface area contributed by atoms with Crippen molar-refractivity contribution in [2.24, 2.45) is 5.10 Å². The fourth-order valence-corrected chi connectivity index (χ4v) is 7.52.